The highest BCUT2D eigenvalue weighted by molar-refractivity contribution is 6.50. The van der Waals surface area contributed by atoms with Crippen LogP contribution in [0.3, 0.4) is 0 Å². The zero-order valence-corrected chi connectivity index (χ0v) is 8.45. The Labute approximate surface area is 86.5 Å². The number of carbonyl (C=O) groups excluding carboxylic acids is 1. The Balaban J connectivity index is 0.000000336. The first kappa shape index (κ1) is 14.3. The van der Waals surface area contributed by atoms with Gasteiger partial charge in [-0.2, -0.15) is 0 Å². The highest BCUT2D eigenvalue weighted by Crippen LogP contribution is 2.07. The molecule has 0 aromatic carbocycles. The predicted molar refractivity (Wildman–Crippen MR) is 50.9 cm³/mol. The minimum atomic E-state index is -6.00. The lowest BCUT2D eigenvalue weighted by atomic mass is 10.1. The fourth-order valence-electron chi connectivity index (χ4n) is 1.26. The Hall–Kier alpha value is -0.745. The molecule has 1 aliphatic rings. The van der Waals surface area contributed by atoms with Crippen molar-refractivity contribution in [1.82, 2.24) is 5.32 Å². The molecule has 0 aliphatic carbocycles. The van der Waals surface area contributed by atoms with Crippen LogP contribution < -0.4 is 5.32 Å². The smallest absolute Gasteiger partial charge is 0.418 e. The van der Waals surface area contributed by atoms with Gasteiger partial charge in [0, 0.05) is 13.0 Å². The molecule has 0 spiro atoms. The van der Waals surface area contributed by atoms with E-state index in [1.807, 2.05) is 0 Å². The second-order valence-corrected chi connectivity index (χ2v) is 3.36. The van der Waals surface area contributed by atoms with Crippen molar-refractivity contribution in [3.8, 4) is 0 Å². The normalized spacial score (nSPS) is 18.8. The van der Waals surface area contributed by atoms with Gasteiger partial charge in [-0.15, -0.1) is 0 Å². The van der Waals surface area contributed by atoms with E-state index >= 15 is 0 Å². The molecule has 7 heteroatoms. The van der Waals surface area contributed by atoms with Crippen LogP contribution in [-0.2, 0) is 4.79 Å². The van der Waals surface area contributed by atoms with Crippen molar-refractivity contribution in [3.05, 3.63) is 0 Å². The van der Waals surface area contributed by atoms with Gasteiger partial charge in [0.05, 0.1) is 0 Å². The molecule has 1 rings (SSSR count). The maximum Gasteiger partial charge on any atom is 0.673 e. The van der Waals surface area contributed by atoms with E-state index in [-0.39, 0.29) is 5.91 Å². The highest BCUT2D eigenvalue weighted by atomic mass is 19.5. The van der Waals surface area contributed by atoms with Crippen LogP contribution in [-0.4, -0.2) is 19.7 Å². The molecule has 0 radical (unpaired) electrons. The summed E-state index contributed by atoms with van der Waals surface area (Å²) < 4.78 is 39.0. The van der Waals surface area contributed by atoms with Crippen molar-refractivity contribution in [2.75, 3.05) is 6.54 Å². The lowest BCUT2D eigenvalue weighted by molar-refractivity contribution is -0.121. The van der Waals surface area contributed by atoms with Crippen LogP contribution in [0.15, 0.2) is 0 Å². The molecule has 1 heterocycles. The van der Waals surface area contributed by atoms with Crippen molar-refractivity contribution in [1.29, 1.82) is 0 Å². The van der Waals surface area contributed by atoms with Crippen LogP contribution in [0.1, 0.15) is 38.5 Å². The molecule has 0 saturated carbocycles. The molecular weight excluding hydrogens is 213 g/mol. The molecule has 0 unspecified atom stereocenters. The van der Waals surface area contributed by atoms with Crippen LogP contribution in [0.4, 0.5) is 17.3 Å². The number of hydrogen-bond donors (Lipinski definition) is 1. The zero-order chi connectivity index (χ0) is 11.7. The number of rotatable bonds is 0. The van der Waals surface area contributed by atoms with Crippen molar-refractivity contribution >= 4 is 13.2 Å². The molecule has 1 saturated heterocycles. The van der Waals surface area contributed by atoms with Crippen LogP contribution in [0.25, 0.3) is 0 Å². The molecule has 1 amide bonds. The molecule has 1 fully saturated rings. The Morgan fingerprint density at radius 1 is 0.933 bits per heavy atom. The fraction of sp³-hybridized carbons (Fsp3) is 0.875. The van der Waals surface area contributed by atoms with Crippen LogP contribution in [0.2, 0.25) is 0 Å². The molecule has 0 atom stereocenters. The highest BCUT2D eigenvalue weighted by Gasteiger charge is 2.20. The summed E-state index contributed by atoms with van der Waals surface area (Å²) in [5.41, 5.74) is 0. The van der Waals surface area contributed by atoms with E-state index < -0.39 is 7.25 Å². The number of hydrogen-bond acceptors (Lipinski definition) is 1. The van der Waals surface area contributed by atoms with E-state index in [1.165, 1.54) is 19.3 Å². The first-order valence-corrected chi connectivity index (χ1v) is 5.03. The van der Waals surface area contributed by atoms with Gasteiger partial charge in [-0.3, -0.25) is 4.79 Å². The average Bonchev–Trinajstić information content (AvgIpc) is 2.15. The van der Waals surface area contributed by atoms with Crippen molar-refractivity contribution in [3.63, 3.8) is 0 Å². The molecular formula is C8H15BF4NO-. The van der Waals surface area contributed by atoms with Gasteiger partial charge in [-0.1, -0.05) is 19.3 Å². The zero-order valence-electron chi connectivity index (χ0n) is 8.45. The Morgan fingerprint density at radius 2 is 1.40 bits per heavy atom. The molecule has 1 aliphatic heterocycles. The maximum absolute atomic E-state index is 10.9. The summed E-state index contributed by atoms with van der Waals surface area (Å²) in [6, 6.07) is 0. The third-order valence-corrected chi connectivity index (χ3v) is 1.90. The summed E-state index contributed by atoms with van der Waals surface area (Å²) in [4.78, 5) is 10.9. The van der Waals surface area contributed by atoms with Crippen LogP contribution in [0, 0.1) is 0 Å². The minimum absolute atomic E-state index is 0.238. The number of carbonyl (C=O) groups is 1. The summed E-state index contributed by atoms with van der Waals surface area (Å²) >= 11 is 0. The Kier molecular flexibility index (Phi) is 7.16. The third-order valence-electron chi connectivity index (χ3n) is 1.90. The van der Waals surface area contributed by atoms with Crippen LogP contribution in [0.5, 0.6) is 0 Å². The summed E-state index contributed by atoms with van der Waals surface area (Å²) in [5.74, 6) is 0.238. The number of amides is 1. The molecule has 15 heavy (non-hydrogen) atoms. The van der Waals surface area contributed by atoms with E-state index in [1.54, 1.807) is 0 Å². The van der Waals surface area contributed by atoms with Gasteiger partial charge in [0.1, 0.15) is 0 Å². The molecule has 0 bridgehead atoms. The third kappa shape index (κ3) is 16.0. The van der Waals surface area contributed by atoms with E-state index in [9.17, 15) is 22.1 Å². The van der Waals surface area contributed by atoms with E-state index in [0.717, 1.165) is 25.8 Å². The quantitative estimate of drug-likeness (QED) is 0.501. The lowest BCUT2D eigenvalue weighted by Gasteiger charge is -1.99. The second-order valence-electron chi connectivity index (χ2n) is 3.36. The van der Waals surface area contributed by atoms with Gasteiger partial charge in [-0.05, 0) is 12.8 Å². The Morgan fingerprint density at radius 3 is 2.00 bits per heavy atom. The topological polar surface area (TPSA) is 29.1 Å². The van der Waals surface area contributed by atoms with Gasteiger partial charge in [0.25, 0.3) is 0 Å². The van der Waals surface area contributed by atoms with Gasteiger partial charge in [0.2, 0.25) is 5.91 Å². The van der Waals surface area contributed by atoms with Crippen molar-refractivity contribution < 1.29 is 22.1 Å². The minimum Gasteiger partial charge on any atom is -0.418 e. The van der Waals surface area contributed by atoms with Crippen molar-refractivity contribution in [2.24, 2.45) is 0 Å². The second kappa shape index (κ2) is 7.53. The van der Waals surface area contributed by atoms with Gasteiger partial charge >= 0.3 is 7.25 Å². The lowest BCUT2D eigenvalue weighted by Crippen LogP contribution is -2.23. The van der Waals surface area contributed by atoms with E-state index in [4.69, 9.17) is 0 Å². The van der Waals surface area contributed by atoms with Gasteiger partial charge in [-0.25, -0.2) is 0 Å². The predicted octanol–water partition coefficient (Wildman–Crippen LogP) is 2.76. The van der Waals surface area contributed by atoms with Gasteiger partial charge < -0.3 is 22.6 Å². The summed E-state index contributed by atoms with van der Waals surface area (Å²) in [5, 5.41) is 2.89. The van der Waals surface area contributed by atoms with E-state index in [2.05, 4.69) is 5.32 Å². The monoisotopic (exact) mass is 228 g/mol. The molecule has 0 aromatic rings. The maximum atomic E-state index is 10.9. The SMILES string of the molecule is F[B-](F)(F)F.O=C1CCCCCCCN1. The largest absolute Gasteiger partial charge is 0.673 e. The first-order valence-electron chi connectivity index (χ1n) is 5.03. The standard InChI is InChI=1S/C8H15NO.BF4/c10-8-6-4-2-1-3-5-7-9-8;2-1(3,4)5/h1-7H2,(H,9,10);/q;-1. The summed E-state index contributed by atoms with van der Waals surface area (Å²) in [6.07, 6.45) is 6.78. The van der Waals surface area contributed by atoms with Crippen LogP contribution >= 0.6 is 0 Å². The Bertz CT molecular complexity index is 168. The molecule has 90 valence electrons. The molecule has 1 N–H and O–H groups in total. The first-order chi connectivity index (χ1) is 6.89. The van der Waals surface area contributed by atoms with E-state index in [0.29, 0.717) is 0 Å². The fourth-order valence-corrected chi connectivity index (χ4v) is 1.26. The summed E-state index contributed by atoms with van der Waals surface area (Å²) in [6.45, 7) is 0.888. The number of halogens is 4. The number of nitrogens with one attached hydrogen (secondary N) is 1. The molecule has 2 nitrogen and oxygen atoms in total. The average molecular weight is 228 g/mol. The summed E-state index contributed by atoms with van der Waals surface area (Å²) in [7, 11) is -6.00. The molecule has 0 aromatic heterocycles. The van der Waals surface area contributed by atoms with Gasteiger partial charge in [0.15, 0.2) is 0 Å². The van der Waals surface area contributed by atoms with Crippen molar-refractivity contribution in [2.45, 2.75) is 38.5 Å².